The third-order valence-corrected chi connectivity index (χ3v) is 4.11. The van der Waals surface area contributed by atoms with Crippen molar-refractivity contribution in [1.82, 2.24) is 4.90 Å². The molecule has 1 aliphatic heterocycles. The average molecular weight is 367 g/mol. The van der Waals surface area contributed by atoms with Gasteiger partial charge in [-0.2, -0.15) is 0 Å². The molecule has 5 heteroatoms. The SMILES string of the molecule is CC1CCCCC1CN=C(N)N1CCOCC1.I. The highest BCUT2D eigenvalue weighted by molar-refractivity contribution is 14.0. The minimum atomic E-state index is 0. The molecule has 1 saturated carbocycles. The Labute approximate surface area is 127 Å². The predicted octanol–water partition coefficient (Wildman–Crippen LogP) is 2.08. The fourth-order valence-corrected chi connectivity index (χ4v) is 2.77. The van der Waals surface area contributed by atoms with Gasteiger partial charge in [0.05, 0.1) is 13.2 Å². The second-order valence-electron chi connectivity index (χ2n) is 5.32. The van der Waals surface area contributed by atoms with Crippen LogP contribution in [0.4, 0.5) is 0 Å². The van der Waals surface area contributed by atoms with Crippen LogP contribution in [0.5, 0.6) is 0 Å². The van der Waals surface area contributed by atoms with Gasteiger partial charge >= 0.3 is 0 Å². The van der Waals surface area contributed by atoms with Crippen LogP contribution in [0.25, 0.3) is 0 Å². The van der Waals surface area contributed by atoms with Crippen LogP contribution in [-0.2, 0) is 4.74 Å². The summed E-state index contributed by atoms with van der Waals surface area (Å²) in [4.78, 5) is 6.72. The molecule has 0 aromatic carbocycles. The van der Waals surface area contributed by atoms with Gasteiger partial charge in [-0.15, -0.1) is 24.0 Å². The molecule has 1 saturated heterocycles. The molecule has 106 valence electrons. The van der Waals surface area contributed by atoms with E-state index < -0.39 is 0 Å². The summed E-state index contributed by atoms with van der Waals surface area (Å²) in [5.74, 6) is 2.26. The van der Waals surface area contributed by atoms with Crippen LogP contribution in [0, 0.1) is 11.8 Å². The van der Waals surface area contributed by atoms with Gasteiger partial charge in [-0.1, -0.05) is 26.2 Å². The van der Waals surface area contributed by atoms with E-state index in [1.807, 2.05) is 0 Å². The van der Waals surface area contributed by atoms with E-state index in [0.717, 1.165) is 44.7 Å². The Morgan fingerprint density at radius 2 is 1.94 bits per heavy atom. The Kier molecular flexibility index (Phi) is 7.29. The first-order valence-corrected chi connectivity index (χ1v) is 6.90. The van der Waals surface area contributed by atoms with E-state index in [2.05, 4.69) is 16.8 Å². The summed E-state index contributed by atoms with van der Waals surface area (Å²) in [5.41, 5.74) is 6.03. The molecule has 0 aromatic rings. The van der Waals surface area contributed by atoms with Gasteiger partial charge in [0.15, 0.2) is 5.96 Å². The first-order chi connectivity index (χ1) is 8.27. The van der Waals surface area contributed by atoms with Crippen LogP contribution in [0.3, 0.4) is 0 Å². The third-order valence-electron chi connectivity index (χ3n) is 4.11. The number of aliphatic imine (C=N–C) groups is 1. The Morgan fingerprint density at radius 1 is 1.28 bits per heavy atom. The zero-order chi connectivity index (χ0) is 12.1. The Morgan fingerprint density at radius 3 is 2.61 bits per heavy atom. The number of nitrogens with two attached hydrogens (primary N) is 1. The van der Waals surface area contributed by atoms with Crippen molar-refractivity contribution in [2.75, 3.05) is 32.8 Å². The van der Waals surface area contributed by atoms with Gasteiger partial charge in [-0.3, -0.25) is 4.99 Å². The smallest absolute Gasteiger partial charge is 0.191 e. The maximum absolute atomic E-state index is 6.03. The van der Waals surface area contributed by atoms with Gasteiger partial charge in [-0.25, -0.2) is 0 Å². The maximum Gasteiger partial charge on any atom is 0.191 e. The van der Waals surface area contributed by atoms with Gasteiger partial charge in [0.2, 0.25) is 0 Å². The van der Waals surface area contributed by atoms with Crippen LogP contribution in [0.15, 0.2) is 4.99 Å². The van der Waals surface area contributed by atoms with Gasteiger partial charge in [-0.05, 0) is 18.3 Å². The molecule has 0 spiro atoms. The lowest BCUT2D eigenvalue weighted by Crippen LogP contribution is -2.45. The Balaban J connectivity index is 0.00000162. The van der Waals surface area contributed by atoms with Crippen molar-refractivity contribution in [2.45, 2.75) is 32.6 Å². The highest BCUT2D eigenvalue weighted by Gasteiger charge is 2.21. The largest absolute Gasteiger partial charge is 0.378 e. The van der Waals surface area contributed by atoms with Crippen LogP contribution in [-0.4, -0.2) is 43.7 Å². The van der Waals surface area contributed by atoms with Crippen LogP contribution in [0.2, 0.25) is 0 Å². The van der Waals surface area contributed by atoms with Crippen LogP contribution >= 0.6 is 24.0 Å². The lowest BCUT2D eigenvalue weighted by atomic mass is 9.80. The molecular weight excluding hydrogens is 341 g/mol. The summed E-state index contributed by atoms with van der Waals surface area (Å²) in [7, 11) is 0. The van der Waals surface area contributed by atoms with Gasteiger partial charge in [0.25, 0.3) is 0 Å². The number of nitrogens with zero attached hydrogens (tertiary/aromatic N) is 2. The second-order valence-corrected chi connectivity index (χ2v) is 5.32. The lowest BCUT2D eigenvalue weighted by molar-refractivity contribution is 0.0673. The fraction of sp³-hybridized carbons (Fsp3) is 0.923. The average Bonchev–Trinajstić information content (AvgIpc) is 2.38. The van der Waals surface area contributed by atoms with Crippen molar-refractivity contribution in [2.24, 2.45) is 22.6 Å². The molecule has 2 aliphatic rings. The number of rotatable bonds is 2. The second kappa shape index (κ2) is 8.19. The Bertz CT molecular complexity index is 267. The first-order valence-electron chi connectivity index (χ1n) is 6.90. The van der Waals surface area contributed by atoms with Crippen LogP contribution < -0.4 is 5.73 Å². The summed E-state index contributed by atoms with van der Waals surface area (Å²) in [6.45, 7) is 6.58. The lowest BCUT2D eigenvalue weighted by Gasteiger charge is -2.30. The van der Waals surface area contributed by atoms with Gasteiger partial charge in [0, 0.05) is 19.6 Å². The monoisotopic (exact) mass is 367 g/mol. The van der Waals surface area contributed by atoms with Gasteiger partial charge in [0.1, 0.15) is 0 Å². The quantitative estimate of drug-likeness (QED) is 0.462. The fourth-order valence-electron chi connectivity index (χ4n) is 2.77. The molecule has 18 heavy (non-hydrogen) atoms. The standard InChI is InChI=1S/C13H25N3O.HI/c1-11-4-2-3-5-12(11)10-15-13(14)16-6-8-17-9-7-16;/h11-12H,2-10H2,1H3,(H2,14,15);1H. The molecule has 4 nitrogen and oxygen atoms in total. The summed E-state index contributed by atoms with van der Waals surface area (Å²) < 4.78 is 5.31. The zero-order valence-electron chi connectivity index (χ0n) is 11.3. The van der Waals surface area contributed by atoms with E-state index in [9.17, 15) is 0 Å². The molecule has 0 bridgehead atoms. The van der Waals surface area contributed by atoms with Crippen LogP contribution in [0.1, 0.15) is 32.6 Å². The summed E-state index contributed by atoms with van der Waals surface area (Å²) in [6.07, 6.45) is 5.43. The maximum atomic E-state index is 6.03. The van der Waals surface area contributed by atoms with Crippen molar-refractivity contribution in [3.8, 4) is 0 Å². The summed E-state index contributed by atoms with van der Waals surface area (Å²) in [6, 6.07) is 0. The molecule has 2 N–H and O–H groups in total. The normalized spacial score (nSPS) is 29.8. The molecule has 1 heterocycles. The van der Waals surface area contributed by atoms with E-state index >= 15 is 0 Å². The third kappa shape index (κ3) is 4.57. The first kappa shape index (κ1) is 16.0. The molecule has 2 atom stereocenters. The number of halogens is 1. The molecule has 2 unspecified atom stereocenters. The highest BCUT2D eigenvalue weighted by atomic mass is 127. The van der Waals surface area contributed by atoms with Gasteiger partial charge < -0.3 is 15.4 Å². The van der Waals surface area contributed by atoms with Crippen molar-refractivity contribution < 1.29 is 4.74 Å². The summed E-state index contributed by atoms with van der Waals surface area (Å²) in [5, 5.41) is 0. The minimum absolute atomic E-state index is 0. The molecular formula is C13H26IN3O. The number of hydrogen-bond donors (Lipinski definition) is 1. The van der Waals surface area contributed by atoms with Crippen molar-refractivity contribution in [1.29, 1.82) is 0 Å². The van der Waals surface area contributed by atoms with Crippen molar-refractivity contribution in [3.05, 3.63) is 0 Å². The van der Waals surface area contributed by atoms with Crippen molar-refractivity contribution in [3.63, 3.8) is 0 Å². The summed E-state index contributed by atoms with van der Waals surface area (Å²) >= 11 is 0. The number of guanidine groups is 1. The van der Waals surface area contributed by atoms with E-state index in [1.54, 1.807) is 0 Å². The van der Waals surface area contributed by atoms with E-state index in [4.69, 9.17) is 10.5 Å². The number of ether oxygens (including phenoxy) is 1. The van der Waals surface area contributed by atoms with E-state index in [0.29, 0.717) is 5.96 Å². The molecule has 2 rings (SSSR count). The number of hydrogen-bond acceptors (Lipinski definition) is 2. The zero-order valence-corrected chi connectivity index (χ0v) is 13.6. The molecule has 0 radical (unpaired) electrons. The van der Waals surface area contributed by atoms with E-state index in [1.165, 1.54) is 25.7 Å². The molecule has 0 aromatic heterocycles. The van der Waals surface area contributed by atoms with E-state index in [-0.39, 0.29) is 24.0 Å². The highest BCUT2D eigenvalue weighted by Crippen LogP contribution is 2.29. The molecule has 2 fully saturated rings. The minimum Gasteiger partial charge on any atom is -0.378 e. The topological polar surface area (TPSA) is 50.8 Å². The number of morpholine rings is 1. The Hall–Kier alpha value is -0.0400. The molecule has 0 amide bonds. The molecule has 1 aliphatic carbocycles. The van der Waals surface area contributed by atoms with Crippen molar-refractivity contribution >= 4 is 29.9 Å². The predicted molar refractivity (Wildman–Crippen MR) is 85.4 cm³/mol.